The van der Waals surface area contributed by atoms with Crippen LogP contribution >= 0.6 is 0 Å². The van der Waals surface area contributed by atoms with E-state index < -0.39 is 15.1 Å². The Balaban J connectivity index is 0. The van der Waals surface area contributed by atoms with Crippen molar-refractivity contribution in [1.82, 2.24) is 0 Å². The van der Waals surface area contributed by atoms with E-state index in [9.17, 15) is 18.1 Å². The minimum absolute atomic E-state index is 0. The van der Waals surface area contributed by atoms with Crippen LogP contribution < -0.4 is 51.4 Å². The molecule has 0 aromatic rings. The molecule has 164 valence electrons. The summed E-state index contributed by atoms with van der Waals surface area (Å²) in [5, 5.41) is 10.4. The maximum atomic E-state index is 11.6. The first-order valence-corrected chi connectivity index (χ1v) is 13.0. The van der Waals surface area contributed by atoms with Crippen molar-refractivity contribution in [1.29, 1.82) is 0 Å². The number of aliphatic hydroxyl groups is 1. The summed E-state index contributed by atoms with van der Waals surface area (Å²) in [4.78, 5) is -2.06. The second-order valence-electron chi connectivity index (χ2n) is 8.20. The van der Waals surface area contributed by atoms with Gasteiger partial charge in [0.25, 0.3) is 0 Å². The number of hydrogen-bond donors (Lipinski definition) is 1. The van der Waals surface area contributed by atoms with Crippen LogP contribution in [0.15, 0.2) is 0 Å². The van der Waals surface area contributed by atoms with Gasteiger partial charge in [-0.1, -0.05) is 110 Å². The standard InChI is InChI=1S/C22H46O4S.K/c1-3-5-7-9-11-13-15-17-19-21-22(23,27(24,25)26)20-18-16-14-12-10-8-6-4-2;/h23H,3-21H2,1-2H3,(H,24,25,26);/q;+1/p-1. The predicted octanol–water partition coefficient (Wildman–Crippen LogP) is 3.68. The average Bonchev–Trinajstić information content (AvgIpc) is 2.61. The van der Waals surface area contributed by atoms with Gasteiger partial charge in [0, 0.05) is 0 Å². The summed E-state index contributed by atoms with van der Waals surface area (Å²) in [5.41, 5.74) is 0. The van der Waals surface area contributed by atoms with Gasteiger partial charge in [0.1, 0.15) is 10.1 Å². The molecule has 0 saturated heterocycles. The number of rotatable bonds is 20. The van der Waals surface area contributed by atoms with Gasteiger partial charge in [-0.15, -0.1) is 0 Å². The summed E-state index contributed by atoms with van der Waals surface area (Å²) in [7, 11) is -4.67. The smallest absolute Gasteiger partial charge is 0.746 e. The number of unbranched alkanes of at least 4 members (excludes halogenated alkanes) is 15. The van der Waals surface area contributed by atoms with Crippen LogP contribution in [-0.4, -0.2) is 23.0 Å². The molecular weight excluding hydrogens is 399 g/mol. The van der Waals surface area contributed by atoms with Gasteiger partial charge >= 0.3 is 51.4 Å². The van der Waals surface area contributed by atoms with Crippen molar-refractivity contribution in [2.24, 2.45) is 0 Å². The monoisotopic (exact) mass is 444 g/mol. The van der Waals surface area contributed by atoms with Gasteiger partial charge in [0.15, 0.2) is 4.93 Å². The molecule has 0 saturated carbocycles. The van der Waals surface area contributed by atoms with Gasteiger partial charge in [0.05, 0.1) is 0 Å². The zero-order valence-electron chi connectivity index (χ0n) is 19.0. The molecule has 0 spiro atoms. The first kappa shape index (κ1) is 31.7. The number of hydrogen-bond acceptors (Lipinski definition) is 4. The van der Waals surface area contributed by atoms with E-state index in [4.69, 9.17) is 0 Å². The van der Waals surface area contributed by atoms with E-state index in [1.165, 1.54) is 57.8 Å². The SMILES string of the molecule is CCCCCCCCCCCC(O)(CCCCCCCCCC)S(=O)(=O)[O-].[K+]. The van der Waals surface area contributed by atoms with Gasteiger partial charge in [-0.3, -0.25) is 0 Å². The summed E-state index contributed by atoms with van der Waals surface area (Å²) >= 11 is 0. The molecule has 28 heavy (non-hydrogen) atoms. The molecule has 0 amide bonds. The van der Waals surface area contributed by atoms with Crippen molar-refractivity contribution in [2.45, 2.75) is 141 Å². The minimum atomic E-state index is -4.67. The molecule has 1 unspecified atom stereocenters. The van der Waals surface area contributed by atoms with Crippen molar-refractivity contribution < 1.29 is 69.5 Å². The fraction of sp³-hybridized carbons (Fsp3) is 1.00. The van der Waals surface area contributed by atoms with Gasteiger partial charge in [-0.2, -0.15) is 0 Å². The van der Waals surface area contributed by atoms with Gasteiger partial charge < -0.3 is 9.66 Å². The molecular formula is C22H45KO4S. The third-order valence-corrected chi connectivity index (χ3v) is 6.90. The van der Waals surface area contributed by atoms with Crippen LogP contribution in [0.1, 0.15) is 136 Å². The van der Waals surface area contributed by atoms with Crippen LogP contribution in [-0.2, 0) is 10.1 Å². The van der Waals surface area contributed by atoms with E-state index in [1.54, 1.807) is 0 Å². The Morgan fingerprint density at radius 2 is 0.857 bits per heavy atom. The zero-order valence-corrected chi connectivity index (χ0v) is 23.0. The van der Waals surface area contributed by atoms with Crippen molar-refractivity contribution in [3.63, 3.8) is 0 Å². The van der Waals surface area contributed by atoms with Crippen LogP contribution in [0.5, 0.6) is 0 Å². The van der Waals surface area contributed by atoms with E-state index in [0.29, 0.717) is 12.8 Å². The molecule has 1 atom stereocenters. The van der Waals surface area contributed by atoms with Crippen molar-refractivity contribution in [3.05, 3.63) is 0 Å². The Bertz CT molecular complexity index is 428. The summed E-state index contributed by atoms with van der Waals surface area (Å²) in [6.07, 6.45) is 18.9. The van der Waals surface area contributed by atoms with E-state index in [2.05, 4.69) is 13.8 Å². The summed E-state index contributed by atoms with van der Waals surface area (Å²) in [5.74, 6) is 0. The largest absolute Gasteiger partial charge is 1.00 e. The molecule has 0 aliphatic rings. The topological polar surface area (TPSA) is 77.4 Å². The molecule has 0 heterocycles. The molecule has 0 aliphatic carbocycles. The van der Waals surface area contributed by atoms with Crippen molar-refractivity contribution in [2.75, 3.05) is 0 Å². The van der Waals surface area contributed by atoms with E-state index in [1.807, 2.05) is 0 Å². The molecule has 0 aromatic heterocycles. The molecule has 0 bridgehead atoms. The third kappa shape index (κ3) is 17.2. The maximum absolute atomic E-state index is 11.6. The first-order valence-electron chi connectivity index (χ1n) is 11.5. The maximum Gasteiger partial charge on any atom is 1.00 e. The van der Waals surface area contributed by atoms with Crippen LogP contribution in [0.3, 0.4) is 0 Å². The second kappa shape index (κ2) is 20.4. The second-order valence-corrected chi connectivity index (χ2v) is 9.87. The van der Waals surface area contributed by atoms with Gasteiger partial charge in [0.2, 0.25) is 0 Å². The zero-order chi connectivity index (χ0) is 20.4. The molecule has 4 nitrogen and oxygen atoms in total. The Kier molecular flexibility index (Phi) is 23.1. The van der Waals surface area contributed by atoms with Crippen LogP contribution in [0.2, 0.25) is 0 Å². The van der Waals surface area contributed by atoms with Crippen LogP contribution in [0.4, 0.5) is 0 Å². The first-order chi connectivity index (χ1) is 12.9. The predicted molar refractivity (Wildman–Crippen MR) is 114 cm³/mol. The van der Waals surface area contributed by atoms with Gasteiger partial charge in [-0.25, -0.2) is 8.42 Å². The molecule has 6 heteroatoms. The molecule has 0 fully saturated rings. The Hall–Kier alpha value is 1.51. The summed E-state index contributed by atoms with van der Waals surface area (Å²) in [6.45, 7) is 4.40. The molecule has 0 rings (SSSR count). The van der Waals surface area contributed by atoms with Crippen LogP contribution in [0, 0.1) is 0 Å². The van der Waals surface area contributed by atoms with Crippen LogP contribution in [0.25, 0.3) is 0 Å². The van der Waals surface area contributed by atoms with E-state index in [0.717, 1.165) is 38.5 Å². The minimum Gasteiger partial charge on any atom is -0.746 e. The molecule has 1 N–H and O–H groups in total. The molecule has 0 radical (unpaired) electrons. The average molecular weight is 445 g/mol. The van der Waals surface area contributed by atoms with Gasteiger partial charge in [-0.05, 0) is 25.7 Å². The Morgan fingerprint density at radius 3 is 1.11 bits per heavy atom. The Labute approximate surface area is 218 Å². The van der Waals surface area contributed by atoms with E-state index >= 15 is 0 Å². The normalized spacial score (nSPS) is 13.9. The molecule has 0 aliphatic heterocycles. The quantitative estimate of drug-likeness (QED) is 0.176. The third-order valence-electron chi connectivity index (χ3n) is 5.56. The van der Waals surface area contributed by atoms with Crippen molar-refractivity contribution in [3.8, 4) is 0 Å². The van der Waals surface area contributed by atoms with Crippen molar-refractivity contribution >= 4 is 10.1 Å². The molecule has 0 aromatic carbocycles. The summed E-state index contributed by atoms with van der Waals surface area (Å²) in [6, 6.07) is 0. The fourth-order valence-electron chi connectivity index (χ4n) is 3.62. The van der Waals surface area contributed by atoms with E-state index in [-0.39, 0.29) is 64.2 Å². The summed E-state index contributed by atoms with van der Waals surface area (Å²) < 4.78 is 34.7. The Morgan fingerprint density at radius 1 is 0.607 bits per heavy atom. The fourth-order valence-corrected chi connectivity index (χ4v) is 4.41.